The van der Waals surface area contributed by atoms with E-state index in [9.17, 15) is 9.59 Å². The monoisotopic (exact) mass is 438 g/mol. The molecule has 2 N–H and O–H groups in total. The fourth-order valence-electron chi connectivity index (χ4n) is 2.82. The number of aryl methyl sites for hydroxylation is 1. The molecule has 1 fully saturated rings. The second-order valence-electron chi connectivity index (χ2n) is 6.83. The van der Waals surface area contributed by atoms with Crippen molar-refractivity contribution < 1.29 is 9.59 Å². The maximum atomic E-state index is 12.8. The van der Waals surface area contributed by atoms with Gasteiger partial charge in [-0.05, 0) is 65.5 Å². The summed E-state index contributed by atoms with van der Waals surface area (Å²) in [6.45, 7) is 1.89. The van der Waals surface area contributed by atoms with Crippen LogP contribution in [0, 0.1) is 6.92 Å². The number of aromatic nitrogens is 2. The number of anilines is 1. The number of carbonyl (C=O) groups excluding carboxylic acids is 2. The number of nitrogens with one attached hydrogen (secondary N) is 2. The zero-order valence-corrected chi connectivity index (χ0v) is 16.9. The average Bonchev–Trinajstić information content (AvgIpc) is 3.42. The molecule has 6 nitrogen and oxygen atoms in total. The van der Waals surface area contributed by atoms with Crippen LogP contribution in [0.2, 0.25) is 0 Å². The quantitative estimate of drug-likeness (QED) is 0.629. The van der Waals surface area contributed by atoms with Gasteiger partial charge in [-0.2, -0.15) is 5.10 Å². The summed E-state index contributed by atoms with van der Waals surface area (Å²) < 4.78 is 2.22. The molecule has 0 radical (unpaired) electrons. The summed E-state index contributed by atoms with van der Waals surface area (Å²) in [6, 6.07) is 15.1. The standard InChI is InChI=1S/C21H19BrN4O2/c1-13-7-8-14(20(27)24-15-9-10-15)11-18(13)25-21(28)17-12-23-26(19(17)22)16-5-3-2-4-6-16/h2-8,11-12,15H,9-10H2,1H3,(H,24,27)(H,25,28). The molecule has 3 aromatic rings. The molecule has 1 aliphatic rings. The molecule has 1 aliphatic carbocycles. The van der Waals surface area contributed by atoms with Crippen LogP contribution in [0.1, 0.15) is 39.1 Å². The molecule has 0 saturated heterocycles. The van der Waals surface area contributed by atoms with E-state index >= 15 is 0 Å². The number of amides is 2. The lowest BCUT2D eigenvalue weighted by Gasteiger charge is -2.11. The van der Waals surface area contributed by atoms with Crippen LogP contribution in [0.5, 0.6) is 0 Å². The molecular formula is C21H19BrN4O2. The third-order valence-electron chi connectivity index (χ3n) is 4.62. The van der Waals surface area contributed by atoms with Crippen LogP contribution in [-0.4, -0.2) is 27.6 Å². The lowest BCUT2D eigenvalue weighted by Crippen LogP contribution is -2.25. The number of rotatable bonds is 5. The highest BCUT2D eigenvalue weighted by molar-refractivity contribution is 9.10. The number of hydrogen-bond acceptors (Lipinski definition) is 3. The zero-order valence-electron chi connectivity index (χ0n) is 15.3. The summed E-state index contributed by atoms with van der Waals surface area (Å²) in [7, 11) is 0. The van der Waals surface area contributed by atoms with Gasteiger partial charge >= 0.3 is 0 Å². The molecule has 28 heavy (non-hydrogen) atoms. The lowest BCUT2D eigenvalue weighted by molar-refractivity contribution is 0.0949. The fourth-order valence-corrected chi connectivity index (χ4v) is 3.40. The van der Waals surface area contributed by atoms with Crippen molar-refractivity contribution in [1.82, 2.24) is 15.1 Å². The Morgan fingerprint density at radius 3 is 2.57 bits per heavy atom. The van der Waals surface area contributed by atoms with Crippen LogP contribution in [0.25, 0.3) is 5.69 Å². The smallest absolute Gasteiger partial charge is 0.260 e. The maximum Gasteiger partial charge on any atom is 0.260 e. The van der Waals surface area contributed by atoms with Gasteiger partial charge in [0, 0.05) is 17.3 Å². The number of carbonyl (C=O) groups is 2. The molecule has 4 rings (SSSR count). The van der Waals surface area contributed by atoms with Gasteiger partial charge in [-0.1, -0.05) is 24.3 Å². The molecule has 2 amide bonds. The van der Waals surface area contributed by atoms with Gasteiger partial charge in [0.05, 0.1) is 17.4 Å². The molecule has 0 unspecified atom stereocenters. The molecule has 1 heterocycles. The molecule has 7 heteroatoms. The van der Waals surface area contributed by atoms with Crippen LogP contribution in [0.4, 0.5) is 5.69 Å². The van der Waals surface area contributed by atoms with Crippen molar-refractivity contribution in [3.63, 3.8) is 0 Å². The van der Waals surface area contributed by atoms with E-state index in [4.69, 9.17) is 0 Å². The molecular weight excluding hydrogens is 420 g/mol. The summed E-state index contributed by atoms with van der Waals surface area (Å²) in [5.41, 5.74) is 3.28. The van der Waals surface area contributed by atoms with E-state index in [-0.39, 0.29) is 17.9 Å². The Hall–Kier alpha value is -2.93. The van der Waals surface area contributed by atoms with Crippen molar-refractivity contribution in [3.05, 3.63) is 76.0 Å². The van der Waals surface area contributed by atoms with Gasteiger partial charge in [-0.25, -0.2) is 4.68 Å². The molecule has 0 atom stereocenters. The van der Waals surface area contributed by atoms with Gasteiger partial charge in [0.1, 0.15) is 4.60 Å². The number of benzene rings is 2. The molecule has 0 aliphatic heterocycles. The van der Waals surface area contributed by atoms with E-state index < -0.39 is 0 Å². The number of para-hydroxylation sites is 1. The first-order valence-electron chi connectivity index (χ1n) is 9.05. The summed E-state index contributed by atoms with van der Waals surface area (Å²) in [5, 5.41) is 10.2. The maximum absolute atomic E-state index is 12.8. The molecule has 1 saturated carbocycles. The third kappa shape index (κ3) is 3.84. The minimum atomic E-state index is -0.295. The zero-order chi connectivity index (χ0) is 19.7. The van der Waals surface area contributed by atoms with Crippen molar-refractivity contribution >= 4 is 33.4 Å². The molecule has 0 bridgehead atoms. The summed E-state index contributed by atoms with van der Waals surface area (Å²) >= 11 is 3.47. The molecule has 0 spiro atoms. The van der Waals surface area contributed by atoms with Crippen molar-refractivity contribution in [2.45, 2.75) is 25.8 Å². The van der Waals surface area contributed by atoms with Crippen LogP contribution in [0.15, 0.2) is 59.3 Å². The van der Waals surface area contributed by atoms with E-state index in [1.165, 1.54) is 6.20 Å². The normalized spacial score (nSPS) is 13.2. The molecule has 142 valence electrons. The Balaban J connectivity index is 1.55. The summed E-state index contributed by atoms with van der Waals surface area (Å²) in [5.74, 6) is -0.409. The molecule has 2 aromatic carbocycles. The van der Waals surface area contributed by atoms with E-state index in [2.05, 4.69) is 31.7 Å². The Morgan fingerprint density at radius 1 is 1.11 bits per heavy atom. The number of halogens is 1. The van der Waals surface area contributed by atoms with Gasteiger partial charge in [-0.15, -0.1) is 0 Å². The Kier molecular flexibility index (Phi) is 5.00. The van der Waals surface area contributed by atoms with Gasteiger partial charge in [0.15, 0.2) is 0 Å². The minimum absolute atomic E-state index is 0.115. The average molecular weight is 439 g/mol. The first kappa shape index (κ1) is 18.4. The molecule has 1 aromatic heterocycles. The fraction of sp³-hybridized carbons (Fsp3) is 0.190. The van der Waals surface area contributed by atoms with Gasteiger partial charge < -0.3 is 10.6 Å². The minimum Gasteiger partial charge on any atom is -0.349 e. The highest BCUT2D eigenvalue weighted by Crippen LogP contribution is 2.24. The third-order valence-corrected chi connectivity index (χ3v) is 5.38. The number of hydrogen-bond donors (Lipinski definition) is 2. The predicted molar refractivity (Wildman–Crippen MR) is 111 cm³/mol. The van der Waals surface area contributed by atoms with Crippen LogP contribution in [-0.2, 0) is 0 Å². The number of nitrogens with zero attached hydrogens (tertiary/aromatic N) is 2. The first-order chi connectivity index (χ1) is 13.5. The van der Waals surface area contributed by atoms with Gasteiger partial charge in [-0.3, -0.25) is 9.59 Å². The SMILES string of the molecule is Cc1ccc(C(=O)NC2CC2)cc1NC(=O)c1cnn(-c2ccccc2)c1Br. The van der Waals surface area contributed by atoms with Crippen molar-refractivity contribution in [2.24, 2.45) is 0 Å². The Morgan fingerprint density at radius 2 is 1.86 bits per heavy atom. The largest absolute Gasteiger partial charge is 0.349 e. The second-order valence-corrected chi connectivity index (χ2v) is 7.58. The van der Waals surface area contributed by atoms with E-state index in [1.807, 2.05) is 43.3 Å². The second kappa shape index (κ2) is 7.59. The lowest BCUT2D eigenvalue weighted by atomic mass is 10.1. The topological polar surface area (TPSA) is 76.0 Å². The van der Waals surface area contributed by atoms with Crippen LogP contribution >= 0.6 is 15.9 Å². The van der Waals surface area contributed by atoms with Crippen LogP contribution in [0.3, 0.4) is 0 Å². The first-order valence-corrected chi connectivity index (χ1v) is 9.84. The highest BCUT2D eigenvalue weighted by atomic mass is 79.9. The van der Waals surface area contributed by atoms with E-state index in [1.54, 1.807) is 16.8 Å². The van der Waals surface area contributed by atoms with E-state index in [0.29, 0.717) is 21.4 Å². The van der Waals surface area contributed by atoms with Crippen molar-refractivity contribution in [1.29, 1.82) is 0 Å². The van der Waals surface area contributed by atoms with E-state index in [0.717, 1.165) is 24.1 Å². The Labute approximate surface area is 171 Å². The van der Waals surface area contributed by atoms with Gasteiger partial charge in [0.2, 0.25) is 0 Å². The highest BCUT2D eigenvalue weighted by Gasteiger charge is 2.24. The van der Waals surface area contributed by atoms with Crippen molar-refractivity contribution in [2.75, 3.05) is 5.32 Å². The summed E-state index contributed by atoms with van der Waals surface area (Å²) in [6.07, 6.45) is 3.58. The van der Waals surface area contributed by atoms with Crippen LogP contribution < -0.4 is 10.6 Å². The predicted octanol–water partition coefficient (Wildman–Crippen LogP) is 4.09. The Bertz CT molecular complexity index is 1040. The summed E-state index contributed by atoms with van der Waals surface area (Å²) in [4.78, 5) is 25.1. The van der Waals surface area contributed by atoms with Gasteiger partial charge in [0.25, 0.3) is 11.8 Å². The van der Waals surface area contributed by atoms with Crippen molar-refractivity contribution in [3.8, 4) is 5.69 Å².